The van der Waals surface area contributed by atoms with E-state index >= 15 is 0 Å². The molecule has 0 saturated heterocycles. The van der Waals surface area contributed by atoms with Gasteiger partial charge >= 0.3 is 0 Å². The average molecular weight is 218 g/mol. The van der Waals surface area contributed by atoms with E-state index in [1.807, 2.05) is 4.90 Å². The molecule has 1 amide bonds. The van der Waals surface area contributed by atoms with Crippen molar-refractivity contribution in [2.24, 2.45) is 0 Å². The summed E-state index contributed by atoms with van der Waals surface area (Å²) in [6.45, 7) is 8.67. The van der Waals surface area contributed by atoms with Gasteiger partial charge in [-0.1, -0.05) is 0 Å². The molecule has 1 aliphatic rings. The summed E-state index contributed by atoms with van der Waals surface area (Å²) >= 11 is 0. The smallest absolute Gasteiger partial charge is 0.224 e. The van der Waals surface area contributed by atoms with Crippen molar-refractivity contribution in [3.63, 3.8) is 0 Å². The van der Waals surface area contributed by atoms with Crippen molar-refractivity contribution in [1.82, 2.24) is 0 Å². The molecule has 0 aliphatic carbocycles. The number of hydrogen-bond donors (Lipinski definition) is 1. The first kappa shape index (κ1) is 11.0. The van der Waals surface area contributed by atoms with Crippen LogP contribution < -0.4 is 10.2 Å². The summed E-state index contributed by atoms with van der Waals surface area (Å²) in [5, 5.41) is 3.37. The van der Waals surface area contributed by atoms with E-state index in [4.69, 9.17) is 0 Å². The molecule has 1 unspecified atom stereocenters. The summed E-state index contributed by atoms with van der Waals surface area (Å²) in [4.78, 5) is 13.5. The third-order valence-electron chi connectivity index (χ3n) is 3.24. The minimum Gasteiger partial charge on any atom is -0.381 e. The number of carbonyl (C=O) groups is 1. The number of anilines is 2. The van der Waals surface area contributed by atoms with Gasteiger partial charge < -0.3 is 10.2 Å². The molecular formula is C13H18N2O. The van der Waals surface area contributed by atoms with Crippen LogP contribution in [-0.2, 0) is 4.79 Å². The lowest BCUT2D eigenvalue weighted by Crippen LogP contribution is -2.44. The fourth-order valence-electron chi connectivity index (χ4n) is 2.21. The number of nitrogens with one attached hydrogen (secondary N) is 1. The number of nitrogens with zero attached hydrogens (tertiary/aromatic N) is 1. The molecule has 1 aromatic rings. The van der Waals surface area contributed by atoms with Crippen molar-refractivity contribution < 1.29 is 4.79 Å². The second-order valence-electron chi connectivity index (χ2n) is 4.57. The topological polar surface area (TPSA) is 32.3 Å². The van der Waals surface area contributed by atoms with Gasteiger partial charge in [0.25, 0.3) is 0 Å². The molecule has 1 aromatic carbocycles. The third-order valence-corrected chi connectivity index (χ3v) is 3.24. The Kier molecular flexibility index (Phi) is 2.62. The van der Waals surface area contributed by atoms with Crippen LogP contribution in [-0.4, -0.2) is 18.5 Å². The molecule has 3 heteroatoms. The molecule has 0 fully saturated rings. The van der Waals surface area contributed by atoms with Crippen molar-refractivity contribution in [3.8, 4) is 0 Å². The van der Waals surface area contributed by atoms with E-state index in [1.54, 1.807) is 6.92 Å². The SMILES string of the molecule is CC(=O)N1c2cc(C)c(C)cc2NCC1C. The molecule has 86 valence electrons. The Hall–Kier alpha value is -1.51. The largest absolute Gasteiger partial charge is 0.381 e. The molecule has 1 atom stereocenters. The van der Waals surface area contributed by atoms with Crippen molar-refractivity contribution in [2.45, 2.75) is 33.7 Å². The van der Waals surface area contributed by atoms with E-state index in [2.05, 4.69) is 38.2 Å². The van der Waals surface area contributed by atoms with Crippen LogP contribution in [0.5, 0.6) is 0 Å². The van der Waals surface area contributed by atoms with E-state index in [0.717, 1.165) is 17.9 Å². The van der Waals surface area contributed by atoms with Gasteiger partial charge in [0.2, 0.25) is 5.91 Å². The highest BCUT2D eigenvalue weighted by atomic mass is 16.2. The number of hydrogen-bond acceptors (Lipinski definition) is 2. The van der Waals surface area contributed by atoms with Crippen LogP contribution in [0.15, 0.2) is 12.1 Å². The maximum Gasteiger partial charge on any atom is 0.224 e. The number of aryl methyl sites for hydroxylation is 2. The summed E-state index contributed by atoms with van der Waals surface area (Å²) < 4.78 is 0. The molecular weight excluding hydrogens is 200 g/mol. The molecule has 0 spiro atoms. The van der Waals surface area contributed by atoms with Gasteiger partial charge in [0.1, 0.15) is 0 Å². The molecule has 1 aliphatic heterocycles. The zero-order valence-corrected chi connectivity index (χ0v) is 10.3. The third kappa shape index (κ3) is 1.66. The predicted octanol–water partition coefficient (Wildman–Crippen LogP) is 2.47. The number of fused-ring (bicyclic) bond motifs is 1. The molecule has 16 heavy (non-hydrogen) atoms. The standard InChI is InChI=1S/C13H18N2O/c1-8-5-12-13(6-9(8)2)15(11(4)16)10(3)7-14-12/h5-6,10,14H,7H2,1-4H3. The molecule has 1 heterocycles. The second kappa shape index (κ2) is 3.81. The Morgan fingerprint density at radius 1 is 1.38 bits per heavy atom. The fourth-order valence-corrected chi connectivity index (χ4v) is 2.21. The Labute approximate surface area is 96.5 Å². The van der Waals surface area contributed by atoms with E-state index in [-0.39, 0.29) is 11.9 Å². The van der Waals surface area contributed by atoms with E-state index < -0.39 is 0 Å². The van der Waals surface area contributed by atoms with E-state index in [0.29, 0.717) is 0 Å². The zero-order valence-electron chi connectivity index (χ0n) is 10.3. The molecule has 3 nitrogen and oxygen atoms in total. The summed E-state index contributed by atoms with van der Waals surface area (Å²) in [6, 6.07) is 4.42. The quantitative estimate of drug-likeness (QED) is 0.725. The lowest BCUT2D eigenvalue weighted by molar-refractivity contribution is -0.116. The predicted molar refractivity (Wildman–Crippen MR) is 67.0 cm³/mol. The van der Waals surface area contributed by atoms with Crippen molar-refractivity contribution in [1.29, 1.82) is 0 Å². The summed E-state index contributed by atoms with van der Waals surface area (Å²) in [5.74, 6) is 0.110. The molecule has 0 saturated carbocycles. The Morgan fingerprint density at radius 2 is 2.00 bits per heavy atom. The minimum atomic E-state index is 0.110. The van der Waals surface area contributed by atoms with Gasteiger partial charge in [-0.3, -0.25) is 4.79 Å². The maximum atomic E-state index is 11.7. The number of rotatable bonds is 0. The van der Waals surface area contributed by atoms with Gasteiger partial charge in [-0.05, 0) is 44.0 Å². The highest BCUT2D eigenvalue weighted by Gasteiger charge is 2.26. The summed E-state index contributed by atoms with van der Waals surface area (Å²) in [5.41, 5.74) is 4.55. The number of carbonyl (C=O) groups excluding carboxylic acids is 1. The van der Waals surface area contributed by atoms with Gasteiger partial charge in [0, 0.05) is 13.5 Å². The van der Waals surface area contributed by atoms with Crippen LogP contribution in [0, 0.1) is 13.8 Å². The molecule has 1 N–H and O–H groups in total. The van der Waals surface area contributed by atoms with Crippen LogP contribution in [0.1, 0.15) is 25.0 Å². The number of amides is 1. The van der Waals surface area contributed by atoms with E-state index in [1.165, 1.54) is 11.1 Å². The molecule has 0 radical (unpaired) electrons. The van der Waals surface area contributed by atoms with Crippen LogP contribution in [0.2, 0.25) is 0 Å². The van der Waals surface area contributed by atoms with Gasteiger partial charge in [-0.15, -0.1) is 0 Å². The van der Waals surface area contributed by atoms with Crippen LogP contribution in [0.4, 0.5) is 11.4 Å². The zero-order chi connectivity index (χ0) is 11.9. The second-order valence-corrected chi connectivity index (χ2v) is 4.57. The van der Waals surface area contributed by atoms with Gasteiger partial charge in [0.15, 0.2) is 0 Å². The lowest BCUT2D eigenvalue weighted by Gasteiger charge is -2.35. The van der Waals surface area contributed by atoms with E-state index in [9.17, 15) is 4.79 Å². The van der Waals surface area contributed by atoms with Crippen LogP contribution in [0.3, 0.4) is 0 Å². The van der Waals surface area contributed by atoms with Crippen LogP contribution >= 0.6 is 0 Å². The first-order valence-corrected chi connectivity index (χ1v) is 5.65. The first-order chi connectivity index (χ1) is 7.50. The van der Waals surface area contributed by atoms with Crippen molar-refractivity contribution in [2.75, 3.05) is 16.8 Å². The Bertz CT molecular complexity index is 440. The normalized spacial score (nSPS) is 19.0. The lowest BCUT2D eigenvalue weighted by atomic mass is 10.0. The summed E-state index contributed by atoms with van der Waals surface area (Å²) in [7, 11) is 0. The average Bonchev–Trinajstić information content (AvgIpc) is 2.20. The van der Waals surface area contributed by atoms with Gasteiger partial charge in [0.05, 0.1) is 17.4 Å². The maximum absolute atomic E-state index is 11.7. The first-order valence-electron chi connectivity index (χ1n) is 5.65. The van der Waals surface area contributed by atoms with Crippen LogP contribution in [0.25, 0.3) is 0 Å². The van der Waals surface area contributed by atoms with Gasteiger partial charge in [-0.25, -0.2) is 0 Å². The van der Waals surface area contributed by atoms with Gasteiger partial charge in [-0.2, -0.15) is 0 Å². The highest BCUT2D eigenvalue weighted by molar-refractivity contribution is 5.97. The minimum absolute atomic E-state index is 0.110. The number of benzene rings is 1. The Morgan fingerprint density at radius 3 is 2.62 bits per heavy atom. The molecule has 0 aromatic heterocycles. The molecule has 0 bridgehead atoms. The fraction of sp³-hybridized carbons (Fsp3) is 0.462. The monoisotopic (exact) mass is 218 g/mol. The molecule has 2 rings (SSSR count). The summed E-state index contributed by atoms with van der Waals surface area (Å²) in [6.07, 6.45) is 0. The van der Waals surface area contributed by atoms with Crippen molar-refractivity contribution >= 4 is 17.3 Å². The Balaban J connectivity index is 2.55. The van der Waals surface area contributed by atoms with Crippen molar-refractivity contribution in [3.05, 3.63) is 23.3 Å². The highest BCUT2D eigenvalue weighted by Crippen LogP contribution is 2.33.